The Kier molecular flexibility index (Phi) is 8.05. The fraction of sp³-hybridized carbons (Fsp3) is 0.800. The molecule has 0 aliphatic heterocycles. The van der Waals surface area contributed by atoms with Crippen LogP contribution in [0.25, 0.3) is 0 Å². The van der Waals surface area contributed by atoms with E-state index in [-0.39, 0.29) is 12.5 Å². The summed E-state index contributed by atoms with van der Waals surface area (Å²) in [6.07, 6.45) is 0.554. The molecule has 0 aromatic rings. The predicted molar refractivity (Wildman–Crippen MR) is 68.4 cm³/mol. The third-order valence-corrected chi connectivity index (χ3v) is 2.27. The molecule has 94 valence electrons. The highest BCUT2D eigenvalue weighted by molar-refractivity contribution is 7.80. The van der Waals surface area contributed by atoms with Gasteiger partial charge in [0.05, 0.1) is 4.99 Å². The average molecular weight is 247 g/mol. The van der Waals surface area contributed by atoms with E-state index < -0.39 is 0 Å². The summed E-state index contributed by atoms with van der Waals surface area (Å²) in [6.45, 7) is 2.14. The van der Waals surface area contributed by atoms with E-state index in [4.69, 9.17) is 22.7 Å². The van der Waals surface area contributed by atoms with Crippen LogP contribution in [0.3, 0.4) is 0 Å². The summed E-state index contributed by atoms with van der Waals surface area (Å²) < 4.78 is 4.83. The normalized spacial score (nSPS) is 10.5. The molecule has 0 fully saturated rings. The molecule has 0 atom stereocenters. The summed E-state index contributed by atoms with van der Waals surface area (Å²) in [5.74, 6) is -0.0272. The number of thiocarbonyl (C=S) groups is 1. The maximum atomic E-state index is 11.7. The Morgan fingerprint density at radius 1 is 1.31 bits per heavy atom. The van der Waals surface area contributed by atoms with Crippen molar-refractivity contribution in [3.05, 3.63) is 0 Å². The molecular formula is C10H21N3O2S. The van der Waals surface area contributed by atoms with Gasteiger partial charge in [-0.3, -0.25) is 4.79 Å². The first-order valence-corrected chi connectivity index (χ1v) is 5.58. The van der Waals surface area contributed by atoms with E-state index in [1.54, 1.807) is 4.90 Å². The first-order chi connectivity index (χ1) is 7.47. The number of likely N-dealkylation sites (N-methyl/N-ethyl adjacent to an activating group) is 1. The fourth-order valence-electron chi connectivity index (χ4n) is 1.14. The number of nitrogens with two attached hydrogens (primary N) is 1. The van der Waals surface area contributed by atoms with Crippen molar-refractivity contribution in [3.8, 4) is 0 Å². The van der Waals surface area contributed by atoms with Crippen molar-refractivity contribution >= 4 is 23.1 Å². The molecule has 0 aliphatic carbocycles. The van der Waals surface area contributed by atoms with Crippen molar-refractivity contribution in [2.75, 3.05) is 47.4 Å². The van der Waals surface area contributed by atoms with Crippen molar-refractivity contribution in [3.63, 3.8) is 0 Å². The molecule has 16 heavy (non-hydrogen) atoms. The minimum Gasteiger partial charge on any atom is -0.393 e. The Balaban J connectivity index is 4.14. The fourth-order valence-corrected chi connectivity index (χ4v) is 1.23. The molecule has 6 heteroatoms. The SMILES string of the molecule is COCC(=O)N(CCC(N)=S)CCN(C)C. The molecular weight excluding hydrogens is 226 g/mol. The highest BCUT2D eigenvalue weighted by atomic mass is 32.1. The van der Waals surface area contributed by atoms with Gasteiger partial charge in [-0.2, -0.15) is 0 Å². The molecule has 0 aliphatic rings. The van der Waals surface area contributed by atoms with E-state index in [0.717, 1.165) is 6.54 Å². The van der Waals surface area contributed by atoms with E-state index in [0.29, 0.717) is 24.5 Å². The number of methoxy groups -OCH3 is 1. The van der Waals surface area contributed by atoms with Crippen LogP contribution in [-0.2, 0) is 9.53 Å². The highest BCUT2D eigenvalue weighted by Crippen LogP contribution is 1.95. The first-order valence-electron chi connectivity index (χ1n) is 5.17. The standard InChI is InChI=1S/C10H21N3O2S/c1-12(2)6-7-13(5-4-9(11)16)10(14)8-15-3/h4-8H2,1-3H3,(H2,11,16). The minimum atomic E-state index is -0.0272. The molecule has 0 radical (unpaired) electrons. The second-order valence-electron chi connectivity index (χ2n) is 3.83. The summed E-state index contributed by atoms with van der Waals surface area (Å²) in [4.78, 5) is 15.8. The molecule has 1 amide bonds. The number of carbonyl (C=O) groups is 1. The van der Waals surface area contributed by atoms with Crippen molar-refractivity contribution < 1.29 is 9.53 Å². The molecule has 0 aromatic heterocycles. The molecule has 0 rings (SSSR count). The smallest absolute Gasteiger partial charge is 0.248 e. The summed E-state index contributed by atoms with van der Waals surface area (Å²) >= 11 is 4.80. The van der Waals surface area contributed by atoms with Gasteiger partial charge in [0.2, 0.25) is 5.91 Å². The number of nitrogens with zero attached hydrogens (tertiary/aromatic N) is 2. The van der Waals surface area contributed by atoms with Gasteiger partial charge in [-0.1, -0.05) is 12.2 Å². The lowest BCUT2D eigenvalue weighted by Gasteiger charge is -2.23. The van der Waals surface area contributed by atoms with Crippen LogP contribution in [0, 0.1) is 0 Å². The Bertz CT molecular complexity index is 234. The summed E-state index contributed by atoms with van der Waals surface area (Å²) in [5, 5.41) is 0. The van der Waals surface area contributed by atoms with Gasteiger partial charge in [0.15, 0.2) is 0 Å². The molecule has 0 saturated carbocycles. The van der Waals surface area contributed by atoms with Crippen LogP contribution in [0.15, 0.2) is 0 Å². The van der Waals surface area contributed by atoms with Crippen LogP contribution >= 0.6 is 12.2 Å². The number of ether oxygens (including phenoxy) is 1. The molecule has 0 bridgehead atoms. The van der Waals surface area contributed by atoms with Crippen LogP contribution < -0.4 is 5.73 Å². The molecule has 2 N–H and O–H groups in total. The van der Waals surface area contributed by atoms with Crippen LogP contribution in [0.1, 0.15) is 6.42 Å². The molecule has 0 spiro atoms. The summed E-state index contributed by atoms with van der Waals surface area (Å²) in [5.41, 5.74) is 5.42. The number of carbonyl (C=O) groups excluding carboxylic acids is 1. The third kappa shape index (κ3) is 7.56. The van der Waals surface area contributed by atoms with E-state index in [1.807, 2.05) is 19.0 Å². The first kappa shape index (κ1) is 15.3. The molecule has 0 unspecified atom stereocenters. The largest absolute Gasteiger partial charge is 0.393 e. The van der Waals surface area contributed by atoms with Crippen LogP contribution in [-0.4, -0.2) is 68.1 Å². The maximum Gasteiger partial charge on any atom is 0.248 e. The van der Waals surface area contributed by atoms with Crippen molar-refractivity contribution in [1.82, 2.24) is 9.80 Å². The van der Waals surface area contributed by atoms with Crippen LogP contribution in [0.5, 0.6) is 0 Å². The van der Waals surface area contributed by atoms with Crippen molar-refractivity contribution in [2.24, 2.45) is 5.73 Å². The van der Waals surface area contributed by atoms with Crippen molar-refractivity contribution in [1.29, 1.82) is 0 Å². The lowest BCUT2D eigenvalue weighted by Crippen LogP contribution is -2.40. The molecule has 0 saturated heterocycles. The van der Waals surface area contributed by atoms with Gasteiger partial charge in [0, 0.05) is 33.2 Å². The van der Waals surface area contributed by atoms with E-state index in [1.165, 1.54) is 7.11 Å². The van der Waals surface area contributed by atoms with Gasteiger partial charge in [0.25, 0.3) is 0 Å². The Hall–Kier alpha value is -0.720. The van der Waals surface area contributed by atoms with Gasteiger partial charge in [-0.05, 0) is 14.1 Å². The Morgan fingerprint density at radius 2 is 1.94 bits per heavy atom. The molecule has 5 nitrogen and oxygen atoms in total. The van der Waals surface area contributed by atoms with Crippen LogP contribution in [0.4, 0.5) is 0 Å². The lowest BCUT2D eigenvalue weighted by molar-refractivity contribution is -0.135. The quantitative estimate of drug-likeness (QED) is 0.597. The zero-order valence-electron chi connectivity index (χ0n) is 10.2. The number of rotatable bonds is 8. The van der Waals surface area contributed by atoms with Crippen LogP contribution in [0.2, 0.25) is 0 Å². The Morgan fingerprint density at radius 3 is 2.38 bits per heavy atom. The van der Waals surface area contributed by atoms with Gasteiger partial charge in [-0.15, -0.1) is 0 Å². The number of amides is 1. The second kappa shape index (κ2) is 8.43. The topological polar surface area (TPSA) is 58.8 Å². The minimum absolute atomic E-state index is 0.0272. The van der Waals surface area contributed by atoms with Gasteiger partial charge < -0.3 is 20.3 Å². The number of hydrogen-bond donors (Lipinski definition) is 1. The summed E-state index contributed by atoms with van der Waals surface area (Å²) in [6, 6.07) is 0. The van der Waals surface area contributed by atoms with Gasteiger partial charge in [0.1, 0.15) is 6.61 Å². The van der Waals surface area contributed by atoms with E-state index in [2.05, 4.69) is 0 Å². The zero-order chi connectivity index (χ0) is 12.6. The average Bonchev–Trinajstić information content (AvgIpc) is 2.17. The van der Waals surface area contributed by atoms with Crippen molar-refractivity contribution in [2.45, 2.75) is 6.42 Å². The van der Waals surface area contributed by atoms with Gasteiger partial charge >= 0.3 is 0 Å². The van der Waals surface area contributed by atoms with E-state index in [9.17, 15) is 4.79 Å². The monoisotopic (exact) mass is 247 g/mol. The third-order valence-electron chi connectivity index (χ3n) is 2.07. The molecule has 0 aromatic carbocycles. The number of hydrogen-bond acceptors (Lipinski definition) is 4. The van der Waals surface area contributed by atoms with E-state index >= 15 is 0 Å². The summed E-state index contributed by atoms with van der Waals surface area (Å²) in [7, 11) is 5.44. The molecule has 0 heterocycles. The predicted octanol–water partition coefficient (Wildman–Crippen LogP) is -0.301. The second-order valence-corrected chi connectivity index (χ2v) is 4.36. The van der Waals surface area contributed by atoms with Gasteiger partial charge in [-0.25, -0.2) is 0 Å². The Labute approximate surface area is 103 Å². The lowest BCUT2D eigenvalue weighted by atomic mass is 10.3. The maximum absolute atomic E-state index is 11.7. The zero-order valence-corrected chi connectivity index (χ0v) is 11.0. The highest BCUT2D eigenvalue weighted by Gasteiger charge is 2.13.